The van der Waals surface area contributed by atoms with Gasteiger partial charge in [0.2, 0.25) is 0 Å². The molecule has 1 fully saturated rings. The lowest BCUT2D eigenvalue weighted by Gasteiger charge is -2.27. The van der Waals surface area contributed by atoms with Crippen molar-refractivity contribution in [1.29, 1.82) is 0 Å². The van der Waals surface area contributed by atoms with Crippen LogP contribution in [0, 0.1) is 5.41 Å². The van der Waals surface area contributed by atoms with Crippen molar-refractivity contribution in [3.05, 3.63) is 22.9 Å². The Morgan fingerprint density at radius 2 is 2.12 bits per heavy atom. The molecule has 0 saturated heterocycles. The van der Waals surface area contributed by atoms with E-state index in [-0.39, 0.29) is 12.0 Å². The highest BCUT2D eigenvalue weighted by Gasteiger charge is 2.32. The predicted molar refractivity (Wildman–Crippen MR) is 68.4 cm³/mol. The van der Waals surface area contributed by atoms with Crippen molar-refractivity contribution in [1.82, 2.24) is 4.98 Å². The third-order valence-corrected chi connectivity index (χ3v) is 3.81. The lowest BCUT2D eigenvalue weighted by Crippen LogP contribution is -2.30. The molecule has 16 heavy (non-hydrogen) atoms. The number of halogens is 1. The molecule has 0 bridgehead atoms. The first kappa shape index (κ1) is 11.9. The molecule has 3 nitrogen and oxygen atoms in total. The molecule has 0 aliphatic heterocycles. The molecule has 1 aliphatic rings. The number of aliphatic hydroxyl groups excluding tert-OH is 1. The minimum absolute atomic E-state index is 0.0856. The van der Waals surface area contributed by atoms with Crippen molar-refractivity contribution in [2.75, 3.05) is 18.5 Å². The van der Waals surface area contributed by atoms with Crippen molar-refractivity contribution in [2.45, 2.75) is 25.7 Å². The number of hydrogen-bond donors (Lipinski definition) is 2. The topological polar surface area (TPSA) is 45.1 Å². The number of hydrogen-bond acceptors (Lipinski definition) is 3. The Bertz CT molecular complexity index is 351. The average Bonchev–Trinajstić information content (AvgIpc) is 2.76. The highest BCUT2D eigenvalue weighted by molar-refractivity contribution is 9.10. The highest BCUT2D eigenvalue weighted by Crippen LogP contribution is 2.37. The molecular formula is C12H17BrN2O. The number of anilines is 1. The van der Waals surface area contributed by atoms with Crippen LogP contribution in [0.2, 0.25) is 0 Å². The van der Waals surface area contributed by atoms with E-state index in [1.807, 2.05) is 12.3 Å². The first-order chi connectivity index (χ1) is 7.74. The van der Waals surface area contributed by atoms with Crippen molar-refractivity contribution in [2.24, 2.45) is 5.41 Å². The van der Waals surface area contributed by atoms with Gasteiger partial charge in [-0.15, -0.1) is 0 Å². The fourth-order valence-corrected chi connectivity index (χ4v) is 2.68. The van der Waals surface area contributed by atoms with E-state index in [4.69, 9.17) is 0 Å². The van der Waals surface area contributed by atoms with E-state index in [0.717, 1.165) is 29.5 Å². The second-order valence-electron chi connectivity index (χ2n) is 4.61. The molecule has 2 rings (SSSR count). The van der Waals surface area contributed by atoms with Crippen molar-refractivity contribution >= 4 is 21.6 Å². The number of aliphatic hydroxyl groups is 1. The zero-order valence-corrected chi connectivity index (χ0v) is 10.8. The van der Waals surface area contributed by atoms with Gasteiger partial charge in [-0.3, -0.25) is 4.98 Å². The summed E-state index contributed by atoms with van der Waals surface area (Å²) in [6.45, 7) is 1.11. The van der Waals surface area contributed by atoms with Crippen LogP contribution in [0.25, 0.3) is 0 Å². The van der Waals surface area contributed by atoms with E-state index in [0.29, 0.717) is 0 Å². The predicted octanol–water partition coefficient (Wildman–Crippen LogP) is 2.81. The third kappa shape index (κ3) is 2.74. The van der Waals surface area contributed by atoms with Gasteiger partial charge in [-0.1, -0.05) is 12.8 Å². The molecule has 0 atom stereocenters. The van der Waals surface area contributed by atoms with Gasteiger partial charge in [0.25, 0.3) is 0 Å². The summed E-state index contributed by atoms with van der Waals surface area (Å²) in [6, 6.07) is 2.01. The van der Waals surface area contributed by atoms with E-state index in [1.54, 1.807) is 6.20 Å². The van der Waals surface area contributed by atoms with Crippen LogP contribution >= 0.6 is 15.9 Å². The number of rotatable bonds is 4. The Hall–Kier alpha value is -0.610. The molecule has 1 aromatic rings. The summed E-state index contributed by atoms with van der Waals surface area (Å²) in [4.78, 5) is 4.11. The summed E-state index contributed by atoms with van der Waals surface area (Å²) in [5.74, 6) is 0. The van der Waals surface area contributed by atoms with Crippen LogP contribution in [0.15, 0.2) is 22.9 Å². The zero-order chi connectivity index (χ0) is 11.4. The third-order valence-electron chi connectivity index (χ3n) is 3.37. The second-order valence-corrected chi connectivity index (χ2v) is 5.53. The normalized spacial score (nSPS) is 18.6. The van der Waals surface area contributed by atoms with Crippen molar-refractivity contribution in [3.63, 3.8) is 0 Å². The summed E-state index contributed by atoms with van der Waals surface area (Å²) in [5.41, 5.74) is 1.09. The number of nitrogens with one attached hydrogen (secondary N) is 1. The lowest BCUT2D eigenvalue weighted by molar-refractivity contribution is 0.142. The zero-order valence-electron chi connectivity index (χ0n) is 9.25. The number of aromatic nitrogens is 1. The molecule has 1 saturated carbocycles. The molecule has 1 aliphatic carbocycles. The average molecular weight is 285 g/mol. The molecule has 4 heteroatoms. The maximum absolute atomic E-state index is 9.48. The van der Waals surface area contributed by atoms with E-state index in [1.165, 1.54) is 12.8 Å². The highest BCUT2D eigenvalue weighted by atomic mass is 79.9. The monoisotopic (exact) mass is 284 g/mol. The van der Waals surface area contributed by atoms with Crippen LogP contribution in [0.5, 0.6) is 0 Å². The number of nitrogens with zero attached hydrogens (tertiary/aromatic N) is 1. The minimum Gasteiger partial charge on any atom is -0.396 e. The summed E-state index contributed by atoms with van der Waals surface area (Å²) in [6.07, 6.45) is 8.29. The molecule has 1 heterocycles. The Morgan fingerprint density at radius 3 is 2.75 bits per heavy atom. The molecule has 0 spiro atoms. The summed E-state index contributed by atoms with van der Waals surface area (Å²) in [5, 5.41) is 12.9. The Morgan fingerprint density at radius 1 is 1.38 bits per heavy atom. The molecular weight excluding hydrogens is 268 g/mol. The van der Waals surface area contributed by atoms with Crippen LogP contribution in [-0.4, -0.2) is 23.2 Å². The van der Waals surface area contributed by atoms with Gasteiger partial charge in [0.1, 0.15) is 0 Å². The molecule has 0 aromatic carbocycles. The van der Waals surface area contributed by atoms with Crippen LogP contribution in [0.4, 0.5) is 5.69 Å². The van der Waals surface area contributed by atoms with E-state index in [9.17, 15) is 5.11 Å². The molecule has 88 valence electrons. The lowest BCUT2D eigenvalue weighted by atomic mass is 9.87. The van der Waals surface area contributed by atoms with Crippen molar-refractivity contribution < 1.29 is 5.11 Å². The Labute approximate surface area is 104 Å². The fourth-order valence-electron chi connectivity index (χ4n) is 2.31. The van der Waals surface area contributed by atoms with Crippen LogP contribution in [0.1, 0.15) is 25.7 Å². The van der Waals surface area contributed by atoms with Crippen LogP contribution < -0.4 is 5.32 Å². The molecule has 0 unspecified atom stereocenters. The Kier molecular flexibility index (Phi) is 3.82. The maximum Gasteiger partial charge on any atom is 0.0538 e. The van der Waals surface area contributed by atoms with Crippen LogP contribution in [-0.2, 0) is 0 Å². The standard InChI is InChI=1S/C12H17BrN2O/c13-10-5-11(7-14-6-10)15-8-12(9-16)3-1-2-4-12/h5-7,15-16H,1-4,8-9H2. The van der Waals surface area contributed by atoms with Gasteiger partial charge in [0.05, 0.1) is 18.5 Å². The van der Waals surface area contributed by atoms with Gasteiger partial charge in [0, 0.05) is 22.6 Å². The van der Waals surface area contributed by atoms with E-state index >= 15 is 0 Å². The maximum atomic E-state index is 9.48. The van der Waals surface area contributed by atoms with Crippen molar-refractivity contribution in [3.8, 4) is 0 Å². The molecule has 0 amide bonds. The summed E-state index contributed by atoms with van der Waals surface area (Å²) >= 11 is 3.39. The molecule has 1 aromatic heterocycles. The van der Waals surface area contributed by atoms with Gasteiger partial charge in [-0.2, -0.15) is 0 Å². The second kappa shape index (κ2) is 5.15. The van der Waals surface area contributed by atoms with Gasteiger partial charge in [-0.25, -0.2) is 0 Å². The van der Waals surface area contributed by atoms with Gasteiger partial charge < -0.3 is 10.4 Å². The van der Waals surface area contributed by atoms with E-state index in [2.05, 4.69) is 26.2 Å². The molecule has 2 N–H and O–H groups in total. The molecule has 0 radical (unpaired) electrons. The van der Waals surface area contributed by atoms with Crippen LogP contribution in [0.3, 0.4) is 0 Å². The van der Waals surface area contributed by atoms with Gasteiger partial charge >= 0.3 is 0 Å². The largest absolute Gasteiger partial charge is 0.396 e. The SMILES string of the molecule is OCC1(CNc2cncc(Br)c2)CCCC1. The first-order valence-electron chi connectivity index (χ1n) is 5.69. The summed E-state index contributed by atoms with van der Waals surface area (Å²) < 4.78 is 0.974. The minimum atomic E-state index is 0.0856. The van der Waals surface area contributed by atoms with E-state index < -0.39 is 0 Å². The number of pyridine rings is 1. The quantitative estimate of drug-likeness (QED) is 0.894. The Balaban J connectivity index is 1.95. The summed E-state index contributed by atoms with van der Waals surface area (Å²) in [7, 11) is 0. The smallest absolute Gasteiger partial charge is 0.0538 e. The van der Waals surface area contributed by atoms with Gasteiger partial charge in [0.15, 0.2) is 0 Å². The fraction of sp³-hybridized carbons (Fsp3) is 0.583. The first-order valence-corrected chi connectivity index (χ1v) is 6.49. The van der Waals surface area contributed by atoms with Gasteiger partial charge in [-0.05, 0) is 34.8 Å².